The summed E-state index contributed by atoms with van der Waals surface area (Å²) in [4.78, 5) is 28.5. The summed E-state index contributed by atoms with van der Waals surface area (Å²) in [5.74, 6) is 0.221. The second kappa shape index (κ2) is 7.85. The molecule has 1 aromatic rings. The Morgan fingerprint density at radius 3 is 2.33 bits per heavy atom. The van der Waals surface area contributed by atoms with Gasteiger partial charge in [-0.15, -0.1) is 12.4 Å². The van der Waals surface area contributed by atoms with Gasteiger partial charge in [-0.25, -0.2) is 0 Å². The summed E-state index contributed by atoms with van der Waals surface area (Å²) < 4.78 is 0. The predicted molar refractivity (Wildman–Crippen MR) is 93.2 cm³/mol. The molecule has 132 valence electrons. The van der Waals surface area contributed by atoms with Crippen molar-refractivity contribution in [2.24, 2.45) is 11.7 Å². The first-order valence-corrected chi connectivity index (χ1v) is 8.17. The average molecular weight is 354 g/mol. The minimum Gasteiger partial charge on any atom is -0.508 e. The molecule has 2 amide bonds. The lowest BCUT2D eigenvalue weighted by molar-refractivity contribution is -0.136. The van der Waals surface area contributed by atoms with E-state index in [1.54, 1.807) is 23.1 Å². The number of rotatable bonds is 2. The van der Waals surface area contributed by atoms with Gasteiger partial charge in [0.15, 0.2) is 0 Å². The maximum atomic E-state index is 12.5. The van der Waals surface area contributed by atoms with E-state index in [0.717, 1.165) is 19.3 Å². The molecule has 6 nitrogen and oxygen atoms in total. The second-order valence-electron chi connectivity index (χ2n) is 6.44. The first-order valence-electron chi connectivity index (χ1n) is 8.17. The third kappa shape index (κ3) is 3.99. The van der Waals surface area contributed by atoms with E-state index < -0.39 is 0 Å². The fourth-order valence-corrected chi connectivity index (χ4v) is 3.45. The lowest BCUT2D eigenvalue weighted by atomic mass is 10.1. The van der Waals surface area contributed by atoms with Gasteiger partial charge in [-0.2, -0.15) is 0 Å². The molecule has 7 heteroatoms. The van der Waals surface area contributed by atoms with Gasteiger partial charge in [-0.1, -0.05) is 6.07 Å². The van der Waals surface area contributed by atoms with Crippen LogP contribution >= 0.6 is 12.4 Å². The number of phenolic OH excluding ortho intramolecular Hbond substituents is 1. The molecule has 1 aromatic carbocycles. The van der Waals surface area contributed by atoms with E-state index in [1.165, 1.54) is 6.07 Å². The number of nitrogens with two attached hydrogens (primary N) is 1. The number of benzene rings is 1. The number of piperazine rings is 1. The summed E-state index contributed by atoms with van der Waals surface area (Å²) >= 11 is 0. The minimum atomic E-state index is -0.101. The van der Waals surface area contributed by atoms with Crippen LogP contribution in [0.15, 0.2) is 24.3 Å². The van der Waals surface area contributed by atoms with Crippen LogP contribution in [-0.4, -0.2) is 58.9 Å². The van der Waals surface area contributed by atoms with Gasteiger partial charge in [-0.05, 0) is 37.5 Å². The first kappa shape index (κ1) is 18.5. The Morgan fingerprint density at radius 1 is 1.08 bits per heavy atom. The number of amides is 2. The molecule has 0 radical (unpaired) electrons. The molecular formula is C17H24ClN3O3. The van der Waals surface area contributed by atoms with Gasteiger partial charge in [0.05, 0.1) is 0 Å². The molecule has 1 heterocycles. The Balaban J connectivity index is 0.00000208. The lowest BCUT2D eigenvalue weighted by Gasteiger charge is -2.36. The standard InChI is InChI=1S/C17H23N3O3.ClH/c18-14-5-4-13(10-14)17(23)20-8-6-19(7-9-20)16(22)12-2-1-3-15(21)11-12;/h1-3,11,13-14,21H,4-10,18H2;1H. The number of carbonyl (C=O) groups is 2. The zero-order valence-electron chi connectivity index (χ0n) is 13.6. The number of halogens is 1. The van der Waals surface area contributed by atoms with E-state index in [2.05, 4.69) is 0 Å². The summed E-state index contributed by atoms with van der Waals surface area (Å²) in [5, 5.41) is 9.48. The van der Waals surface area contributed by atoms with Gasteiger partial charge in [-0.3, -0.25) is 9.59 Å². The van der Waals surface area contributed by atoms with Crippen molar-refractivity contribution in [3.8, 4) is 5.75 Å². The molecule has 1 aliphatic carbocycles. The zero-order chi connectivity index (χ0) is 16.4. The number of hydrogen-bond donors (Lipinski definition) is 2. The Morgan fingerprint density at radius 2 is 1.75 bits per heavy atom. The van der Waals surface area contributed by atoms with E-state index in [1.807, 2.05) is 4.90 Å². The number of phenols is 1. The van der Waals surface area contributed by atoms with Crippen LogP contribution in [0.3, 0.4) is 0 Å². The molecule has 0 aromatic heterocycles. The Hall–Kier alpha value is -1.79. The van der Waals surface area contributed by atoms with Crippen molar-refractivity contribution >= 4 is 24.2 Å². The molecule has 2 unspecified atom stereocenters. The van der Waals surface area contributed by atoms with Crippen molar-refractivity contribution in [3.63, 3.8) is 0 Å². The van der Waals surface area contributed by atoms with Crippen molar-refractivity contribution in [1.29, 1.82) is 0 Å². The third-order valence-corrected chi connectivity index (χ3v) is 4.79. The smallest absolute Gasteiger partial charge is 0.254 e. The molecule has 2 atom stereocenters. The van der Waals surface area contributed by atoms with Gasteiger partial charge in [0.2, 0.25) is 5.91 Å². The van der Waals surface area contributed by atoms with Crippen LogP contribution in [0.2, 0.25) is 0 Å². The van der Waals surface area contributed by atoms with Crippen molar-refractivity contribution in [2.75, 3.05) is 26.2 Å². The molecule has 0 bridgehead atoms. The van der Waals surface area contributed by atoms with Gasteiger partial charge in [0.25, 0.3) is 5.91 Å². The fraction of sp³-hybridized carbons (Fsp3) is 0.529. The molecule has 3 rings (SSSR count). The van der Waals surface area contributed by atoms with Crippen LogP contribution in [0.1, 0.15) is 29.6 Å². The molecule has 24 heavy (non-hydrogen) atoms. The first-order chi connectivity index (χ1) is 11.0. The number of aromatic hydroxyl groups is 1. The summed E-state index contributed by atoms with van der Waals surface area (Å²) in [7, 11) is 0. The van der Waals surface area contributed by atoms with E-state index in [0.29, 0.717) is 31.7 Å². The Kier molecular flexibility index (Phi) is 6.07. The van der Waals surface area contributed by atoms with E-state index in [9.17, 15) is 14.7 Å². The quantitative estimate of drug-likeness (QED) is 0.837. The Labute approximate surface area is 148 Å². The monoisotopic (exact) mass is 353 g/mol. The summed E-state index contributed by atoms with van der Waals surface area (Å²) in [5.41, 5.74) is 6.37. The van der Waals surface area contributed by atoms with Crippen molar-refractivity contribution in [2.45, 2.75) is 25.3 Å². The fourth-order valence-electron chi connectivity index (χ4n) is 3.45. The largest absolute Gasteiger partial charge is 0.508 e. The molecule has 0 spiro atoms. The maximum absolute atomic E-state index is 12.5. The molecule has 2 aliphatic rings. The van der Waals surface area contributed by atoms with E-state index in [4.69, 9.17) is 5.73 Å². The molecule has 1 saturated carbocycles. The Bertz CT molecular complexity index is 602. The zero-order valence-corrected chi connectivity index (χ0v) is 14.4. The number of carbonyl (C=O) groups excluding carboxylic acids is 2. The van der Waals surface area contributed by atoms with Gasteiger partial charge >= 0.3 is 0 Å². The third-order valence-electron chi connectivity index (χ3n) is 4.79. The highest BCUT2D eigenvalue weighted by atomic mass is 35.5. The van der Waals surface area contributed by atoms with E-state index in [-0.39, 0.29) is 41.9 Å². The van der Waals surface area contributed by atoms with Gasteiger partial charge in [0, 0.05) is 43.7 Å². The molecule has 3 N–H and O–H groups in total. The van der Waals surface area contributed by atoms with Crippen LogP contribution in [-0.2, 0) is 4.79 Å². The topological polar surface area (TPSA) is 86.9 Å². The van der Waals surface area contributed by atoms with Crippen LogP contribution in [0, 0.1) is 5.92 Å². The highest BCUT2D eigenvalue weighted by molar-refractivity contribution is 5.94. The molecule has 1 saturated heterocycles. The number of nitrogens with zero attached hydrogens (tertiary/aromatic N) is 2. The lowest BCUT2D eigenvalue weighted by Crippen LogP contribution is -2.51. The minimum absolute atomic E-state index is 0. The normalized spacial score (nSPS) is 23.7. The molecule has 2 fully saturated rings. The number of hydrogen-bond acceptors (Lipinski definition) is 4. The predicted octanol–water partition coefficient (Wildman–Crippen LogP) is 1.23. The van der Waals surface area contributed by atoms with Crippen LogP contribution in [0.25, 0.3) is 0 Å². The maximum Gasteiger partial charge on any atom is 0.254 e. The van der Waals surface area contributed by atoms with Crippen LogP contribution < -0.4 is 5.73 Å². The summed E-state index contributed by atoms with van der Waals surface area (Å²) in [6.45, 7) is 2.18. The van der Waals surface area contributed by atoms with Gasteiger partial charge in [0.1, 0.15) is 5.75 Å². The highest BCUT2D eigenvalue weighted by Crippen LogP contribution is 2.26. The van der Waals surface area contributed by atoms with Gasteiger partial charge < -0.3 is 20.6 Å². The average Bonchev–Trinajstić information content (AvgIpc) is 3.00. The second-order valence-corrected chi connectivity index (χ2v) is 6.44. The highest BCUT2D eigenvalue weighted by Gasteiger charge is 2.33. The van der Waals surface area contributed by atoms with Crippen LogP contribution in [0.4, 0.5) is 0 Å². The molecule has 1 aliphatic heterocycles. The SMILES string of the molecule is Cl.NC1CCC(C(=O)N2CCN(C(=O)c3cccc(O)c3)CC2)C1. The van der Waals surface area contributed by atoms with Crippen molar-refractivity contribution < 1.29 is 14.7 Å². The van der Waals surface area contributed by atoms with Crippen molar-refractivity contribution in [3.05, 3.63) is 29.8 Å². The van der Waals surface area contributed by atoms with E-state index >= 15 is 0 Å². The summed E-state index contributed by atoms with van der Waals surface area (Å²) in [6, 6.07) is 6.52. The molecular weight excluding hydrogens is 330 g/mol. The summed E-state index contributed by atoms with van der Waals surface area (Å²) in [6.07, 6.45) is 2.58. The van der Waals surface area contributed by atoms with Crippen molar-refractivity contribution in [1.82, 2.24) is 9.80 Å². The van der Waals surface area contributed by atoms with Crippen LogP contribution in [0.5, 0.6) is 5.75 Å².